The average Bonchev–Trinajstić information content (AvgIpc) is 2.84. The first-order valence-electron chi connectivity index (χ1n) is 6.89. The molecule has 1 nitrogen and oxygen atoms in total. The highest BCUT2D eigenvalue weighted by Gasteiger charge is 2.11. The zero-order valence-electron chi connectivity index (χ0n) is 11.5. The van der Waals surface area contributed by atoms with Crippen LogP contribution in [-0.2, 0) is 12.8 Å². The van der Waals surface area contributed by atoms with Crippen LogP contribution in [-0.4, -0.2) is 12.6 Å². The smallest absolute Gasteiger partial charge is 0.123 e. The summed E-state index contributed by atoms with van der Waals surface area (Å²) in [6.07, 6.45) is 3.05. The topological polar surface area (TPSA) is 12.0 Å². The molecule has 1 unspecified atom stereocenters. The molecule has 0 aliphatic rings. The molecule has 0 spiro atoms. The van der Waals surface area contributed by atoms with Gasteiger partial charge in [-0.05, 0) is 71.6 Å². The average molecular weight is 356 g/mol. The number of rotatable bonds is 7. The summed E-state index contributed by atoms with van der Waals surface area (Å²) in [5.41, 5.74) is 1.18. The van der Waals surface area contributed by atoms with Gasteiger partial charge in [0.15, 0.2) is 0 Å². The van der Waals surface area contributed by atoms with Gasteiger partial charge in [0.25, 0.3) is 0 Å². The van der Waals surface area contributed by atoms with E-state index in [1.165, 1.54) is 26.4 Å². The molecule has 1 N–H and O–H groups in total. The van der Waals surface area contributed by atoms with Crippen molar-refractivity contribution < 1.29 is 4.39 Å². The molecule has 1 aromatic heterocycles. The molecular weight excluding hydrogens is 337 g/mol. The van der Waals surface area contributed by atoms with Gasteiger partial charge >= 0.3 is 0 Å². The summed E-state index contributed by atoms with van der Waals surface area (Å²) in [6, 6.07) is 11.5. The molecule has 0 aliphatic heterocycles. The van der Waals surface area contributed by atoms with Crippen LogP contribution < -0.4 is 5.32 Å². The second-order valence-electron chi connectivity index (χ2n) is 4.89. The Kier molecular flexibility index (Phi) is 6.20. The number of hydrogen-bond acceptors (Lipinski definition) is 2. The van der Waals surface area contributed by atoms with Crippen molar-refractivity contribution >= 4 is 27.3 Å². The van der Waals surface area contributed by atoms with Crippen LogP contribution in [0.1, 0.15) is 23.8 Å². The van der Waals surface area contributed by atoms with Gasteiger partial charge in [-0.2, -0.15) is 0 Å². The summed E-state index contributed by atoms with van der Waals surface area (Å²) in [7, 11) is 0. The van der Waals surface area contributed by atoms with Crippen molar-refractivity contribution in [2.45, 2.75) is 32.2 Å². The fourth-order valence-electron chi connectivity index (χ4n) is 2.17. The molecule has 4 heteroatoms. The predicted octanol–water partition coefficient (Wildman–Crippen LogP) is 4.80. The van der Waals surface area contributed by atoms with E-state index in [4.69, 9.17) is 0 Å². The van der Waals surface area contributed by atoms with Gasteiger partial charge in [0.2, 0.25) is 0 Å². The van der Waals surface area contributed by atoms with Gasteiger partial charge in [-0.25, -0.2) is 4.39 Å². The van der Waals surface area contributed by atoms with Crippen LogP contribution in [0.15, 0.2) is 40.2 Å². The first-order valence-corrected chi connectivity index (χ1v) is 8.50. The molecule has 0 aliphatic carbocycles. The zero-order chi connectivity index (χ0) is 14.4. The molecule has 0 radical (unpaired) electrons. The van der Waals surface area contributed by atoms with E-state index in [1.807, 2.05) is 12.1 Å². The third-order valence-electron chi connectivity index (χ3n) is 3.15. The number of thiophene rings is 1. The summed E-state index contributed by atoms with van der Waals surface area (Å²) in [5, 5.41) is 3.59. The van der Waals surface area contributed by atoms with Gasteiger partial charge in [-0.15, -0.1) is 11.3 Å². The van der Waals surface area contributed by atoms with Crippen molar-refractivity contribution in [2.75, 3.05) is 6.54 Å². The number of halogens is 2. The highest BCUT2D eigenvalue weighted by Crippen LogP contribution is 2.23. The molecule has 1 atom stereocenters. The summed E-state index contributed by atoms with van der Waals surface area (Å²) in [6.45, 7) is 3.18. The maximum absolute atomic E-state index is 13.0. The van der Waals surface area contributed by atoms with Crippen LogP contribution in [0.5, 0.6) is 0 Å². The minimum Gasteiger partial charge on any atom is -0.313 e. The fraction of sp³-hybridized carbons (Fsp3) is 0.375. The highest BCUT2D eigenvalue weighted by molar-refractivity contribution is 9.11. The molecule has 0 fully saturated rings. The Morgan fingerprint density at radius 2 is 1.90 bits per heavy atom. The molecule has 1 aromatic carbocycles. The van der Waals surface area contributed by atoms with Crippen molar-refractivity contribution in [3.05, 3.63) is 56.4 Å². The predicted molar refractivity (Wildman–Crippen MR) is 87.9 cm³/mol. The summed E-state index contributed by atoms with van der Waals surface area (Å²) < 4.78 is 14.1. The lowest BCUT2D eigenvalue weighted by Crippen LogP contribution is -2.33. The molecule has 2 aromatic rings. The summed E-state index contributed by atoms with van der Waals surface area (Å²) in [4.78, 5) is 1.37. The Balaban J connectivity index is 2.00. The van der Waals surface area contributed by atoms with E-state index in [2.05, 4.69) is 40.3 Å². The fourth-order valence-corrected chi connectivity index (χ4v) is 3.74. The third-order valence-corrected chi connectivity index (χ3v) is 4.80. The largest absolute Gasteiger partial charge is 0.313 e. The van der Waals surface area contributed by atoms with Crippen molar-refractivity contribution in [2.24, 2.45) is 0 Å². The number of hydrogen-bond donors (Lipinski definition) is 1. The van der Waals surface area contributed by atoms with Gasteiger partial charge in [0.1, 0.15) is 5.82 Å². The first-order chi connectivity index (χ1) is 9.67. The van der Waals surface area contributed by atoms with Crippen LogP contribution in [0.4, 0.5) is 4.39 Å². The standard InChI is InChI=1S/C16H19BrFNS/c1-2-9-19-14(11-15-7-8-16(17)20-15)10-12-3-5-13(18)6-4-12/h3-8,14,19H,2,9-11H2,1H3. The second kappa shape index (κ2) is 7.91. The molecule has 0 bridgehead atoms. The van der Waals surface area contributed by atoms with E-state index in [0.717, 1.165) is 25.8 Å². The maximum Gasteiger partial charge on any atom is 0.123 e. The summed E-state index contributed by atoms with van der Waals surface area (Å²) >= 11 is 5.29. The van der Waals surface area contributed by atoms with Crippen molar-refractivity contribution in [1.82, 2.24) is 5.32 Å². The minimum atomic E-state index is -0.172. The van der Waals surface area contributed by atoms with Crippen LogP contribution in [0, 0.1) is 5.82 Å². The zero-order valence-corrected chi connectivity index (χ0v) is 13.9. The van der Waals surface area contributed by atoms with Crippen LogP contribution in [0.25, 0.3) is 0 Å². The van der Waals surface area contributed by atoms with Crippen molar-refractivity contribution in [1.29, 1.82) is 0 Å². The molecule has 0 saturated heterocycles. The Morgan fingerprint density at radius 3 is 2.50 bits per heavy atom. The molecule has 1 heterocycles. The van der Waals surface area contributed by atoms with E-state index < -0.39 is 0 Å². The Labute approximate surface area is 132 Å². The van der Waals surface area contributed by atoms with Crippen LogP contribution in [0.2, 0.25) is 0 Å². The molecule has 2 rings (SSSR count). The molecule has 0 saturated carbocycles. The van der Waals surface area contributed by atoms with E-state index in [9.17, 15) is 4.39 Å². The van der Waals surface area contributed by atoms with Gasteiger partial charge in [-0.3, -0.25) is 0 Å². The van der Waals surface area contributed by atoms with Gasteiger partial charge < -0.3 is 5.32 Å². The highest BCUT2D eigenvalue weighted by atomic mass is 79.9. The minimum absolute atomic E-state index is 0.172. The van der Waals surface area contributed by atoms with Crippen LogP contribution >= 0.6 is 27.3 Å². The Hall–Kier alpha value is -0.710. The monoisotopic (exact) mass is 355 g/mol. The maximum atomic E-state index is 13.0. The number of benzene rings is 1. The van der Waals surface area contributed by atoms with E-state index in [1.54, 1.807) is 11.3 Å². The molecule has 0 amide bonds. The van der Waals surface area contributed by atoms with E-state index in [0.29, 0.717) is 6.04 Å². The lowest BCUT2D eigenvalue weighted by Gasteiger charge is -2.18. The Bertz CT molecular complexity index is 524. The Morgan fingerprint density at radius 1 is 1.15 bits per heavy atom. The second-order valence-corrected chi connectivity index (χ2v) is 7.44. The lowest BCUT2D eigenvalue weighted by molar-refractivity contribution is 0.507. The SMILES string of the molecule is CCCNC(Cc1ccc(F)cc1)Cc1ccc(Br)s1. The van der Waals surface area contributed by atoms with E-state index >= 15 is 0 Å². The van der Waals surface area contributed by atoms with Crippen molar-refractivity contribution in [3.8, 4) is 0 Å². The van der Waals surface area contributed by atoms with Gasteiger partial charge in [0, 0.05) is 10.9 Å². The summed E-state index contributed by atoms with van der Waals surface area (Å²) in [5.74, 6) is -0.172. The first kappa shape index (κ1) is 15.7. The molecule has 20 heavy (non-hydrogen) atoms. The van der Waals surface area contributed by atoms with Crippen molar-refractivity contribution in [3.63, 3.8) is 0 Å². The molecular formula is C16H19BrFNS. The quantitative estimate of drug-likeness (QED) is 0.751. The lowest BCUT2D eigenvalue weighted by atomic mass is 10.0. The number of nitrogens with one attached hydrogen (secondary N) is 1. The van der Waals surface area contributed by atoms with Crippen LogP contribution in [0.3, 0.4) is 0 Å². The third kappa shape index (κ3) is 5.00. The van der Waals surface area contributed by atoms with Gasteiger partial charge in [-0.1, -0.05) is 19.1 Å². The van der Waals surface area contributed by atoms with Gasteiger partial charge in [0.05, 0.1) is 3.79 Å². The molecule has 108 valence electrons. The normalized spacial score (nSPS) is 12.6. The van der Waals surface area contributed by atoms with E-state index in [-0.39, 0.29) is 5.82 Å².